The van der Waals surface area contributed by atoms with Crippen molar-refractivity contribution in [3.05, 3.63) is 108 Å². The van der Waals surface area contributed by atoms with Gasteiger partial charge in [-0.15, -0.1) is 13.2 Å². The van der Waals surface area contributed by atoms with Gasteiger partial charge in [0.25, 0.3) is 0 Å². The summed E-state index contributed by atoms with van der Waals surface area (Å²) < 4.78 is 5.66. The van der Waals surface area contributed by atoms with Crippen molar-refractivity contribution in [3.63, 3.8) is 0 Å². The molecule has 2 aromatic rings. The largest absolute Gasteiger partial charge is 0.376 e. The highest BCUT2D eigenvalue weighted by atomic mass is 16.5. The Bertz CT molecular complexity index is 897. The number of hydrogen-bond donors (Lipinski definition) is 0. The lowest BCUT2D eigenvalue weighted by Crippen LogP contribution is -2.14. The molecule has 0 atom stereocenters. The van der Waals surface area contributed by atoms with E-state index in [1.807, 2.05) is 12.2 Å². The highest BCUT2D eigenvalue weighted by molar-refractivity contribution is 5.24. The molecule has 1 heteroatoms. The first-order chi connectivity index (χ1) is 18.3. The van der Waals surface area contributed by atoms with E-state index in [4.69, 9.17) is 4.74 Å². The minimum absolute atomic E-state index is 0.706. The topological polar surface area (TPSA) is 9.23 Å². The molecule has 3 rings (SSSR count). The maximum atomic E-state index is 5.66. The Morgan fingerprint density at radius 1 is 0.649 bits per heavy atom. The standard InChI is InChI=1S/C36H50O/c1-3-5-7-12-31-17-19-32(20-18-31)13-8-9-14-33-21-23-34(24-22-33)15-10-11-16-35-25-27-36(28-26-35)30-37-29-6-4-2/h3-4,8-9,17-20,25-28,33-34H,1-2,5-7,10-16,21-24,29-30H2/b9-8+/t33-,34-. The zero-order chi connectivity index (χ0) is 26.0. The van der Waals surface area contributed by atoms with Gasteiger partial charge in [0.2, 0.25) is 0 Å². The quantitative estimate of drug-likeness (QED) is 0.147. The maximum Gasteiger partial charge on any atom is 0.0717 e. The van der Waals surface area contributed by atoms with E-state index in [2.05, 4.69) is 73.8 Å². The van der Waals surface area contributed by atoms with E-state index in [1.54, 1.807) is 0 Å². The second-order valence-electron chi connectivity index (χ2n) is 11.0. The van der Waals surface area contributed by atoms with Crippen LogP contribution in [-0.4, -0.2) is 6.61 Å². The van der Waals surface area contributed by atoms with E-state index in [0.717, 1.165) is 44.1 Å². The molecule has 1 aliphatic carbocycles. The summed E-state index contributed by atoms with van der Waals surface area (Å²) in [6.07, 6.45) is 26.5. The highest BCUT2D eigenvalue weighted by Gasteiger charge is 2.19. The third-order valence-electron chi connectivity index (χ3n) is 7.94. The van der Waals surface area contributed by atoms with Crippen molar-refractivity contribution >= 4 is 0 Å². The summed E-state index contributed by atoms with van der Waals surface area (Å²) in [5.74, 6) is 1.86. The minimum Gasteiger partial charge on any atom is -0.376 e. The molecule has 0 amide bonds. The molecule has 2 aromatic carbocycles. The van der Waals surface area contributed by atoms with Crippen molar-refractivity contribution in [2.24, 2.45) is 11.8 Å². The van der Waals surface area contributed by atoms with Gasteiger partial charge in [-0.1, -0.05) is 98.5 Å². The highest BCUT2D eigenvalue weighted by Crippen LogP contribution is 2.33. The maximum absolute atomic E-state index is 5.66. The molecule has 0 spiro atoms. The summed E-state index contributed by atoms with van der Waals surface area (Å²) in [6.45, 7) is 9.01. The van der Waals surface area contributed by atoms with Crippen molar-refractivity contribution in [3.8, 4) is 0 Å². The molecule has 0 N–H and O–H groups in total. The van der Waals surface area contributed by atoms with Crippen LogP contribution in [0.1, 0.15) is 92.9 Å². The first kappa shape index (κ1) is 29.2. The lowest BCUT2D eigenvalue weighted by molar-refractivity contribution is 0.125. The van der Waals surface area contributed by atoms with E-state index in [-0.39, 0.29) is 0 Å². The minimum atomic E-state index is 0.706. The Hall–Kier alpha value is -2.38. The van der Waals surface area contributed by atoms with Crippen LogP contribution in [0.4, 0.5) is 0 Å². The Kier molecular flexibility index (Phi) is 14.2. The van der Waals surface area contributed by atoms with Crippen LogP contribution in [0.3, 0.4) is 0 Å². The number of aryl methyl sites for hydroxylation is 2. The van der Waals surface area contributed by atoms with Crippen LogP contribution in [0.25, 0.3) is 0 Å². The Balaban J connectivity index is 1.22. The molecule has 1 aliphatic rings. The van der Waals surface area contributed by atoms with Gasteiger partial charge in [-0.25, -0.2) is 0 Å². The SMILES string of the molecule is C=CCCCc1ccc(C/C=C/C[C@H]2CC[C@H](CCCCc3ccc(COCCC=C)cc3)CC2)cc1. The lowest BCUT2D eigenvalue weighted by atomic mass is 9.78. The number of allylic oxidation sites excluding steroid dienone is 3. The summed E-state index contributed by atoms with van der Waals surface area (Å²) >= 11 is 0. The van der Waals surface area contributed by atoms with E-state index in [1.165, 1.54) is 86.5 Å². The summed E-state index contributed by atoms with van der Waals surface area (Å²) in [7, 11) is 0. The zero-order valence-electron chi connectivity index (χ0n) is 23.2. The second kappa shape index (κ2) is 18.0. The number of benzene rings is 2. The van der Waals surface area contributed by atoms with E-state index in [0.29, 0.717) is 6.61 Å². The molecule has 37 heavy (non-hydrogen) atoms. The zero-order valence-corrected chi connectivity index (χ0v) is 23.2. The fraction of sp³-hybridized carbons (Fsp3) is 0.500. The Labute approximate surface area is 227 Å². The van der Waals surface area contributed by atoms with Gasteiger partial charge in [0.05, 0.1) is 13.2 Å². The predicted octanol–water partition coefficient (Wildman–Crippen LogP) is 10.00. The fourth-order valence-corrected chi connectivity index (χ4v) is 5.48. The van der Waals surface area contributed by atoms with Gasteiger partial charge < -0.3 is 4.74 Å². The molecule has 0 saturated heterocycles. The molecule has 1 saturated carbocycles. The molecule has 0 radical (unpaired) electrons. The molecule has 0 aliphatic heterocycles. The van der Waals surface area contributed by atoms with Crippen molar-refractivity contribution < 1.29 is 4.74 Å². The monoisotopic (exact) mass is 498 g/mol. The van der Waals surface area contributed by atoms with Crippen molar-refractivity contribution in [1.82, 2.24) is 0 Å². The molecular formula is C36H50O. The van der Waals surface area contributed by atoms with Gasteiger partial charge in [-0.3, -0.25) is 0 Å². The summed E-state index contributed by atoms with van der Waals surface area (Å²) in [5, 5.41) is 0. The third-order valence-corrected chi connectivity index (χ3v) is 7.94. The second-order valence-corrected chi connectivity index (χ2v) is 11.0. The van der Waals surface area contributed by atoms with Gasteiger partial charge >= 0.3 is 0 Å². The first-order valence-corrected chi connectivity index (χ1v) is 14.9. The molecule has 1 fully saturated rings. The summed E-state index contributed by atoms with van der Waals surface area (Å²) in [4.78, 5) is 0. The molecule has 0 bridgehead atoms. The lowest BCUT2D eigenvalue weighted by Gasteiger charge is -2.28. The average Bonchev–Trinajstić information content (AvgIpc) is 2.94. The number of unbranched alkanes of at least 4 members (excludes halogenated alkanes) is 2. The van der Waals surface area contributed by atoms with Crippen molar-refractivity contribution in [1.29, 1.82) is 0 Å². The fourth-order valence-electron chi connectivity index (χ4n) is 5.48. The van der Waals surface area contributed by atoms with Crippen molar-refractivity contribution in [2.75, 3.05) is 6.61 Å². The van der Waals surface area contributed by atoms with Crippen LogP contribution in [0.15, 0.2) is 86.0 Å². The van der Waals surface area contributed by atoms with Crippen molar-refractivity contribution in [2.45, 2.75) is 96.5 Å². The van der Waals surface area contributed by atoms with E-state index < -0.39 is 0 Å². The van der Waals surface area contributed by atoms with Gasteiger partial charge in [0.1, 0.15) is 0 Å². The molecular weight excluding hydrogens is 448 g/mol. The Morgan fingerprint density at radius 3 is 1.92 bits per heavy atom. The summed E-state index contributed by atoms with van der Waals surface area (Å²) in [5.41, 5.74) is 5.60. The summed E-state index contributed by atoms with van der Waals surface area (Å²) in [6, 6.07) is 18.2. The smallest absolute Gasteiger partial charge is 0.0717 e. The Morgan fingerprint density at radius 2 is 1.24 bits per heavy atom. The average molecular weight is 499 g/mol. The van der Waals surface area contributed by atoms with Gasteiger partial charge in [-0.05, 0) is 98.3 Å². The third kappa shape index (κ3) is 12.1. The molecule has 0 aromatic heterocycles. The normalized spacial score (nSPS) is 17.7. The van der Waals surface area contributed by atoms with E-state index in [9.17, 15) is 0 Å². The van der Waals surface area contributed by atoms with Crippen LogP contribution in [0.2, 0.25) is 0 Å². The number of ether oxygens (including phenoxy) is 1. The van der Waals surface area contributed by atoms with Gasteiger partial charge in [-0.2, -0.15) is 0 Å². The predicted molar refractivity (Wildman–Crippen MR) is 161 cm³/mol. The number of rotatable bonds is 18. The molecule has 0 heterocycles. The molecule has 200 valence electrons. The van der Waals surface area contributed by atoms with Crippen LogP contribution < -0.4 is 0 Å². The van der Waals surface area contributed by atoms with Gasteiger partial charge in [0, 0.05) is 0 Å². The van der Waals surface area contributed by atoms with Crippen LogP contribution in [-0.2, 0) is 30.6 Å². The van der Waals surface area contributed by atoms with Crippen LogP contribution in [0.5, 0.6) is 0 Å². The molecule has 0 unspecified atom stereocenters. The molecule has 1 nitrogen and oxygen atoms in total. The van der Waals surface area contributed by atoms with Gasteiger partial charge in [0.15, 0.2) is 0 Å². The first-order valence-electron chi connectivity index (χ1n) is 14.9. The van der Waals surface area contributed by atoms with E-state index >= 15 is 0 Å². The van der Waals surface area contributed by atoms with Crippen LogP contribution in [0, 0.1) is 11.8 Å². The number of hydrogen-bond acceptors (Lipinski definition) is 1. The van der Waals surface area contributed by atoms with Crippen LogP contribution >= 0.6 is 0 Å².